The van der Waals surface area contributed by atoms with Crippen LogP contribution in [0.2, 0.25) is 0 Å². The number of amides is 1. The van der Waals surface area contributed by atoms with Crippen LogP contribution in [0.3, 0.4) is 0 Å². The van der Waals surface area contributed by atoms with E-state index in [2.05, 4.69) is 39.6 Å². The molecule has 2 heterocycles. The van der Waals surface area contributed by atoms with E-state index in [1.807, 2.05) is 40.4 Å². The van der Waals surface area contributed by atoms with Gasteiger partial charge >= 0.3 is 0 Å². The maximum absolute atomic E-state index is 11.3. The Kier molecular flexibility index (Phi) is 5.11. The van der Waals surface area contributed by atoms with Gasteiger partial charge in [-0.3, -0.25) is 14.3 Å². The minimum absolute atomic E-state index is 0.0986. The Hall–Kier alpha value is -2.77. The maximum atomic E-state index is 11.3. The molecule has 0 aliphatic carbocycles. The van der Waals surface area contributed by atoms with Crippen molar-refractivity contribution < 1.29 is 4.79 Å². The number of aromatic nitrogens is 3. The van der Waals surface area contributed by atoms with Crippen molar-refractivity contribution in [1.82, 2.24) is 19.2 Å². The normalized spacial score (nSPS) is 13.9. The second kappa shape index (κ2) is 7.69. The standard InChI is InChI=1S/C21H23N5OS/c1-15-23-25(14-24-11-10-17-6-3-4-7-18(17)13-24)21(28)26(15)20-9-5-8-19(12-20)22-16(2)27/h3-9,12H,10-11,13-14H2,1-2H3,(H,22,27). The lowest BCUT2D eigenvalue weighted by atomic mass is 10.0. The van der Waals surface area contributed by atoms with Crippen molar-refractivity contribution in [3.8, 4) is 5.69 Å². The van der Waals surface area contributed by atoms with Crippen LogP contribution in [0.15, 0.2) is 48.5 Å². The zero-order valence-corrected chi connectivity index (χ0v) is 16.9. The van der Waals surface area contributed by atoms with E-state index < -0.39 is 0 Å². The summed E-state index contributed by atoms with van der Waals surface area (Å²) in [6.07, 6.45) is 1.04. The van der Waals surface area contributed by atoms with E-state index in [-0.39, 0.29) is 5.91 Å². The molecule has 1 amide bonds. The summed E-state index contributed by atoms with van der Waals surface area (Å²) in [6, 6.07) is 16.2. The highest BCUT2D eigenvalue weighted by molar-refractivity contribution is 7.71. The van der Waals surface area contributed by atoms with Crippen LogP contribution >= 0.6 is 12.2 Å². The molecule has 1 aliphatic rings. The van der Waals surface area contributed by atoms with Crippen LogP contribution in [0.4, 0.5) is 5.69 Å². The molecule has 0 saturated carbocycles. The summed E-state index contributed by atoms with van der Waals surface area (Å²) in [5.41, 5.74) is 4.44. The molecule has 1 aromatic heterocycles. The van der Waals surface area contributed by atoms with Crippen LogP contribution in [0.5, 0.6) is 0 Å². The average Bonchev–Trinajstić information content (AvgIpc) is 2.94. The summed E-state index contributed by atoms with van der Waals surface area (Å²) in [4.78, 5) is 13.7. The fourth-order valence-corrected chi connectivity index (χ4v) is 4.03. The fraction of sp³-hybridized carbons (Fsp3) is 0.286. The number of hydrogen-bond acceptors (Lipinski definition) is 4. The molecule has 7 heteroatoms. The lowest BCUT2D eigenvalue weighted by Crippen LogP contribution is -2.32. The van der Waals surface area contributed by atoms with Crippen molar-refractivity contribution in [2.45, 2.75) is 33.5 Å². The Balaban J connectivity index is 1.59. The molecule has 0 atom stereocenters. The molecule has 0 spiro atoms. The number of nitrogens with one attached hydrogen (secondary N) is 1. The highest BCUT2D eigenvalue weighted by Gasteiger charge is 2.18. The number of anilines is 1. The van der Waals surface area contributed by atoms with Gasteiger partial charge in [0, 0.05) is 25.7 Å². The lowest BCUT2D eigenvalue weighted by Gasteiger charge is -2.28. The van der Waals surface area contributed by atoms with Crippen LogP contribution in [0.1, 0.15) is 23.9 Å². The van der Waals surface area contributed by atoms with E-state index in [0.717, 1.165) is 36.7 Å². The molecule has 0 radical (unpaired) electrons. The fourth-order valence-electron chi connectivity index (χ4n) is 3.70. The third-order valence-electron chi connectivity index (χ3n) is 4.97. The summed E-state index contributed by atoms with van der Waals surface area (Å²) in [5, 5.41) is 7.49. The highest BCUT2D eigenvalue weighted by atomic mass is 32.1. The summed E-state index contributed by atoms with van der Waals surface area (Å²) in [5.74, 6) is 0.723. The Bertz CT molecular complexity index is 1080. The first kappa shape index (κ1) is 18.6. The van der Waals surface area contributed by atoms with Gasteiger partial charge in [0.1, 0.15) is 5.82 Å². The third-order valence-corrected chi connectivity index (χ3v) is 5.36. The average molecular weight is 394 g/mol. The van der Waals surface area contributed by atoms with Crippen LogP contribution in [0.25, 0.3) is 5.69 Å². The molecule has 3 aromatic rings. The molecule has 144 valence electrons. The van der Waals surface area contributed by atoms with Gasteiger partial charge in [-0.2, -0.15) is 5.10 Å². The second-order valence-corrected chi connectivity index (χ2v) is 7.47. The van der Waals surface area contributed by atoms with Gasteiger partial charge in [-0.25, -0.2) is 4.68 Å². The molecule has 1 aliphatic heterocycles. The molecule has 1 N–H and O–H groups in total. The molecular weight excluding hydrogens is 370 g/mol. The van der Waals surface area contributed by atoms with Crippen LogP contribution in [0, 0.1) is 11.7 Å². The van der Waals surface area contributed by atoms with E-state index in [4.69, 9.17) is 12.2 Å². The molecule has 4 rings (SSSR count). The number of fused-ring (bicyclic) bond motifs is 1. The Labute approximate surface area is 169 Å². The first-order chi connectivity index (χ1) is 13.5. The summed E-state index contributed by atoms with van der Waals surface area (Å²) < 4.78 is 4.47. The second-order valence-electron chi connectivity index (χ2n) is 7.11. The minimum atomic E-state index is -0.0986. The van der Waals surface area contributed by atoms with E-state index in [0.29, 0.717) is 11.4 Å². The van der Waals surface area contributed by atoms with Crippen molar-refractivity contribution in [2.24, 2.45) is 0 Å². The van der Waals surface area contributed by atoms with Crippen LogP contribution < -0.4 is 5.32 Å². The zero-order chi connectivity index (χ0) is 19.7. The molecule has 0 fully saturated rings. The maximum Gasteiger partial charge on any atom is 0.221 e. The van der Waals surface area contributed by atoms with Gasteiger partial charge in [-0.1, -0.05) is 30.3 Å². The largest absolute Gasteiger partial charge is 0.326 e. The smallest absolute Gasteiger partial charge is 0.221 e. The van der Waals surface area contributed by atoms with Crippen molar-refractivity contribution >= 4 is 23.8 Å². The van der Waals surface area contributed by atoms with E-state index in [9.17, 15) is 4.79 Å². The molecule has 28 heavy (non-hydrogen) atoms. The van der Waals surface area contributed by atoms with E-state index in [1.54, 1.807) is 0 Å². The predicted molar refractivity (Wildman–Crippen MR) is 112 cm³/mol. The molecular formula is C21H23N5OS. The van der Waals surface area contributed by atoms with Gasteiger partial charge in [-0.05, 0) is 54.9 Å². The highest BCUT2D eigenvalue weighted by Crippen LogP contribution is 2.20. The van der Waals surface area contributed by atoms with Crippen molar-refractivity contribution in [3.05, 3.63) is 70.3 Å². The summed E-state index contributed by atoms with van der Waals surface area (Å²) in [6.45, 7) is 6.00. The number of carbonyl (C=O) groups excluding carboxylic acids is 1. The quantitative estimate of drug-likeness (QED) is 0.687. The SMILES string of the molecule is CC(=O)Nc1cccc(-n2c(C)nn(CN3CCc4ccccc4C3)c2=S)c1. The molecule has 6 nitrogen and oxygen atoms in total. The van der Waals surface area contributed by atoms with Gasteiger partial charge < -0.3 is 5.32 Å². The number of nitrogens with zero attached hydrogens (tertiary/aromatic N) is 4. The van der Waals surface area contributed by atoms with Gasteiger partial charge in [0.05, 0.1) is 12.4 Å². The molecule has 2 aromatic carbocycles. The molecule has 0 saturated heterocycles. The number of rotatable bonds is 4. The van der Waals surface area contributed by atoms with Gasteiger partial charge in [-0.15, -0.1) is 0 Å². The van der Waals surface area contributed by atoms with Gasteiger partial charge in [0.15, 0.2) is 0 Å². The number of carbonyl (C=O) groups is 1. The van der Waals surface area contributed by atoms with E-state index >= 15 is 0 Å². The first-order valence-electron chi connectivity index (χ1n) is 9.35. The number of hydrogen-bond donors (Lipinski definition) is 1. The van der Waals surface area contributed by atoms with E-state index in [1.165, 1.54) is 18.1 Å². The van der Waals surface area contributed by atoms with Gasteiger partial charge in [0.2, 0.25) is 10.7 Å². The summed E-state index contributed by atoms with van der Waals surface area (Å²) >= 11 is 5.72. The Morgan fingerprint density at radius 3 is 2.75 bits per heavy atom. The molecule has 0 bridgehead atoms. The zero-order valence-electron chi connectivity index (χ0n) is 16.1. The van der Waals surface area contributed by atoms with Crippen molar-refractivity contribution in [2.75, 3.05) is 11.9 Å². The first-order valence-corrected chi connectivity index (χ1v) is 9.76. The predicted octanol–water partition coefficient (Wildman–Crippen LogP) is 3.69. The monoisotopic (exact) mass is 393 g/mol. The van der Waals surface area contributed by atoms with Crippen molar-refractivity contribution in [3.63, 3.8) is 0 Å². The van der Waals surface area contributed by atoms with Crippen molar-refractivity contribution in [1.29, 1.82) is 0 Å². The minimum Gasteiger partial charge on any atom is -0.326 e. The van der Waals surface area contributed by atoms with Crippen LogP contribution in [-0.2, 0) is 24.4 Å². The van der Waals surface area contributed by atoms with Crippen LogP contribution in [-0.4, -0.2) is 31.7 Å². The third kappa shape index (κ3) is 3.76. The number of benzene rings is 2. The van der Waals surface area contributed by atoms with Gasteiger partial charge in [0.25, 0.3) is 0 Å². The lowest BCUT2D eigenvalue weighted by molar-refractivity contribution is -0.114. The molecule has 0 unspecified atom stereocenters. The number of aryl methyl sites for hydroxylation is 1. The Morgan fingerprint density at radius 1 is 1.18 bits per heavy atom. The topological polar surface area (TPSA) is 55.1 Å². The summed E-state index contributed by atoms with van der Waals surface area (Å²) in [7, 11) is 0. The Morgan fingerprint density at radius 2 is 1.96 bits per heavy atom.